The third-order valence-corrected chi connectivity index (χ3v) is 5.52. The van der Waals surface area contributed by atoms with Crippen LogP contribution < -0.4 is 5.32 Å². The Kier molecular flexibility index (Phi) is 7.07. The smallest absolute Gasteiger partial charge is 0.270 e. The van der Waals surface area contributed by atoms with Gasteiger partial charge in [-0.05, 0) is 24.6 Å². The van der Waals surface area contributed by atoms with E-state index in [0.29, 0.717) is 5.82 Å². The fraction of sp³-hybridized carbons (Fsp3) is 0.292. The normalized spacial score (nSPS) is 11.2. The quantitative estimate of drug-likeness (QED) is 0.401. The van der Waals surface area contributed by atoms with Crippen LogP contribution in [0.5, 0.6) is 0 Å². The van der Waals surface area contributed by atoms with Crippen molar-refractivity contribution in [1.29, 1.82) is 0 Å². The van der Waals surface area contributed by atoms with Crippen LogP contribution in [0, 0.1) is 17.0 Å². The van der Waals surface area contributed by atoms with Crippen LogP contribution in [-0.4, -0.2) is 45.0 Å². The lowest BCUT2D eigenvalue weighted by Gasteiger charge is -2.18. The van der Waals surface area contributed by atoms with Crippen molar-refractivity contribution >= 4 is 34.9 Å². The van der Waals surface area contributed by atoms with Crippen LogP contribution in [0.3, 0.4) is 0 Å². The first-order valence-corrected chi connectivity index (χ1v) is 10.9. The van der Waals surface area contributed by atoms with Gasteiger partial charge in [0, 0.05) is 30.7 Å². The molecule has 0 aliphatic heterocycles. The Labute approximate surface area is 202 Å². The molecule has 0 unspecified atom stereocenters. The second kappa shape index (κ2) is 9.64. The van der Waals surface area contributed by atoms with Crippen molar-refractivity contribution in [1.82, 2.24) is 14.7 Å². The molecule has 0 aliphatic carbocycles. The number of aryl methyl sites for hydroxylation is 1. The van der Waals surface area contributed by atoms with Crippen molar-refractivity contribution in [2.24, 2.45) is 0 Å². The first-order valence-electron chi connectivity index (χ1n) is 10.5. The van der Waals surface area contributed by atoms with Crippen LogP contribution >= 0.6 is 11.6 Å². The van der Waals surface area contributed by atoms with Crippen LogP contribution in [0.4, 0.5) is 11.5 Å². The average Bonchev–Trinajstić information content (AvgIpc) is 3.17. The summed E-state index contributed by atoms with van der Waals surface area (Å²) in [5.74, 6) is -0.472. The van der Waals surface area contributed by atoms with E-state index in [9.17, 15) is 19.7 Å². The second-order valence-electron chi connectivity index (χ2n) is 8.99. The van der Waals surface area contributed by atoms with Gasteiger partial charge in [-0.25, -0.2) is 4.68 Å². The molecule has 0 atom stereocenters. The number of nitro groups is 1. The number of aromatic nitrogens is 2. The molecule has 34 heavy (non-hydrogen) atoms. The van der Waals surface area contributed by atoms with Crippen LogP contribution in [0.15, 0.2) is 48.5 Å². The number of halogens is 1. The summed E-state index contributed by atoms with van der Waals surface area (Å²) in [6.07, 6.45) is 0. The molecule has 2 amide bonds. The minimum atomic E-state index is -0.596. The number of benzene rings is 2. The van der Waals surface area contributed by atoms with Gasteiger partial charge in [-0.1, -0.05) is 50.6 Å². The largest absolute Gasteiger partial charge is 0.332 e. The first-order chi connectivity index (χ1) is 15.9. The summed E-state index contributed by atoms with van der Waals surface area (Å²) in [7, 11) is 1.46. The van der Waals surface area contributed by atoms with E-state index in [1.165, 1.54) is 24.1 Å². The monoisotopic (exact) mass is 483 g/mol. The van der Waals surface area contributed by atoms with E-state index >= 15 is 0 Å². The third kappa shape index (κ3) is 5.43. The van der Waals surface area contributed by atoms with E-state index in [1.807, 2.05) is 58.0 Å². The Bertz CT molecular complexity index is 1260. The minimum Gasteiger partial charge on any atom is -0.332 e. The van der Waals surface area contributed by atoms with Gasteiger partial charge in [0.15, 0.2) is 0 Å². The Morgan fingerprint density at radius 1 is 1.18 bits per heavy atom. The zero-order valence-electron chi connectivity index (χ0n) is 19.6. The molecule has 9 nitrogen and oxygen atoms in total. The molecular weight excluding hydrogens is 458 g/mol. The highest BCUT2D eigenvalue weighted by Crippen LogP contribution is 2.28. The van der Waals surface area contributed by atoms with Crippen LogP contribution in [-0.2, 0) is 10.2 Å². The molecule has 178 valence electrons. The van der Waals surface area contributed by atoms with Gasteiger partial charge in [0.2, 0.25) is 5.91 Å². The van der Waals surface area contributed by atoms with Crippen molar-refractivity contribution in [3.63, 3.8) is 0 Å². The number of rotatable bonds is 6. The van der Waals surface area contributed by atoms with E-state index in [2.05, 4.69) is 5.32 Å². The van der Waals surface area contributed by atoms with E-state index in [4.69, 9.17) is 16.7 Å². The van der Waals surface area contributed by atoms with Crippen molar-refractivity contribution in [3.05, 3.63) is 80.5 Å². The third-order valence-electron chi connectivity index (χ3n) is 5.21. The first kappa shape index (κ1) is 24.9. The molecule has 0 aliphatic rings. The summed E-state index contributed by atoms with van der Waals surface area (Å²) in [4.78, 5) is 37.1. The summed E-state index contributed by atoms with van der Waals surface area (Å²) in [5, 5.41) is 18.4. The lowest BCUT2D eigenvalue weighted by molar-refractivity contribution is -0.384. The fourth-order valence-corrected chi connectivity index (χ4v) is 3.54. The number of carbonyl (C=O) groups excluding carboxylic acids is 2. The maximum absolute atomic E-state index is 12.8. The number of para-hydroxylation sites is 1. The Morgan fingerprint density at radius 3 is 2.44 bits per heavy atom. The molecule has 0 radical (unpaired) electrons. The van der Waals surface area contributed by atoms with Gasteiger partial charge in [-0.15, -0.1) is 0 Å². The minimum absolute atomic E-state index is 0.0566. The molecular formula is C24H26ClN5O4. The molecule has 0 bridgehead atoms. The van der Waals surface area contributed by atoms with Crippen molar-refractivity contribution < 1.29 is 14.5 Å². The molecule has 0 saturated carbocycles. The van der Waals surface area contributed by atoms with E-state index in [0.717, 1.165) is 23.0 Å². The Hall–Kier alpha value is -3.72. The molecule has 10 heteroatoms. The van der Waals surface area contributed by atoms with Crippen LogP contribution in [0.1, 0.15) is 42.4 Å². The lowest BCUT2D eigenvalue weighted by atomic mass is 9.92. The number of hydrogen-bond acceptors (Lipinski definition) is 5. The summed E-state index contributed by atoms with van der Waals surface area (Å²) in [5.41, 5.74) is 2.22. The SMILES string of the molecule is Cc1ccccc1-n1nc(C(C)(C)C)cc1NC(=O)CN(C)C(=O)c1ccc([N+](=O)[O-])cc1Cl. The average molecular weight is 484 g/mol. The molecule has 1 aromatic heterocycles. The maximum Gasteiger partial charge on any atom is 0.270 e. The van der Waals surface area contributed by atoms with E-state index in [-0.39, 0.29) is 28.2 Å². The predicted octanol–water partition coefficient (Wildman–Crippen LogP) is 4.75. The fourth-order valence-electron chi connectivity index (χ4n) is 3.29. The predicted molar refractivity (Wildman–Crippen MR) is 131 cm³/mol. The van der Waals surface area contributed by atoms with Gasteiger partial charge in [0.1, 0.15) is 5.82 Å². The topological polar surface area (TPSA) is 110 Å². The Balaban J connectivity index is 1.82. The van der Waals surface area contributed by atoms with Crippen molar-refractivity contribution in [2.45, 2.75) is 33.1 Å². The molecule has 1 heterocycles. The van der Waals surface area contributed by atoms with Gasteiger partial charge in [-0.3, -0.25) is 19.7 Å². The van der Waals surface area contributed by atoms with E-state index in [1.54, 1.807) is 4.68 Å². The molecule has 3 aromatic rings. The highest BCUT2D eigenvalue weighted by molar-refractivity contribution is 6.34. The van der Waals surface area contributed by atoms with Gasteiger partial charge in [0.25, 0.3) is 11.6 Å². The zero-order valence-corrected chi connectivity index (χ0v) is 20.4. The molecule has 0 saturated heterocycles. The number of likely N-dealkylation sites (N-methyl/N-ethyl adjacent to an activating group) is 1. The number of hydrogen-bond donors (Lipinski definition) is 1. The van der Waals surface area contributed by atoms with Crippen molar-refractivity contribution in [2.75, 3.05) is 18.9 Å². The zero-order chi connectivity index (χ0) is 25.2. The van der Waals surface area contributed by atoms with Gasteiger partial charge < -0.3 is 10.2 Å². The van der Waals surface area contributed by atoms with Crippen molar-refractivity contribution in [3.8, 4) is 5.69 Å². The standard InChI is InChI=1S/C24H26ClN5O4/c1-15-8-6-7-9-19(15)29-21(13-20(27-29)24(2,3)4)26-22(31)14-28(5)23(32)17-11-10-16(30(33)34)12-18(17)25/h6-13H,14H2,1-5H3,(H,26,31). The van der Waals surface area contributed by atoms with Crippen LogP contribution in [0.2, 0.25) is 5.02 Å². The summed E-state index contributed by atoms with van der Waals surface area (Å²) in [6.45, 7) is 7.80. The summed E-state index contributed by atoms with van der Waals surface area (Å²) in [6, 6.07) is 13.1. The molecule has 0 spiro atoms. The number of non-ortho nitro benzene ring substituents is 1. The maximum atomic E-state index is 12.8. The number of anilines is 1. The number of nitro benzene ring substituents is 1. The molecule has 0 fully saturated rings. The Morgan fingerprint density at radius 2 is 1.85 bits per heavy atom. The summed E-state index contributed by atoms with van der Waals surface area (Å²) >= 11 is 6.06. The highest BCUT2D eigenvalue weighted by Gasteiger charge is 2.24. The van der Waals surface area contributed by atoms with Gasteiger partial charge in [0.05, 0.1) is 33.4 Å². The van der Waals surface area contributed by atoms with E-state index < -0.39 is 16.7 Å². The van der Waals surface area contributed by atoms with Crippen LogP contribution in [0.25, 0.3) is 5.69 Å². The molecule has 1 N–H and O–H groups in total. The van der Waals surface area contributed by atoms with Gasteiger partial charge >= 0.3 is 0 Å². The molecule has 2 aromatic carbocycles. The number of nitrogens with one attached hydrogen (secondary N) is 1. The van der Waals surface area contributed by atoms with Gasteiger partial charge in [-0.2, -0.15) is 5.10 Å². The molecule has 3 rings (SSSR count). The number of amides is 2. The number of nitrogens with zero attached hydrogens (tertiary/aromatic N) is 4. The second-order valence-corrected chi connectivity index (χ2v) is 9.40. The lowest BCUT2D eigenvalue weighted by Crippen LogP contribution is -2.35. The number of carbonyl (C=O) groups is 2. The summed E-state index contributed by atoms with van der Waals surface area (Å²) < 4.78 is 1.68. The highest BCUT2D eigenvalue weighted by atomic mass is 35.5.